The molecule has 0 aromatic heterocycles. The highest BCUT2D eigenvalue weighted by Crippen LogP contribution is 1.84. The Hall–Kier alpha value is -0.730. The normalized spacial score (nSPS) is 7.44. The number of hydrogen-bond donors (Lipinski definition) is 0. The Morgan fingerprint density at radius 2 is 2.11 bits per heavy atom. The molecule has 0 unspecified atom stereocenters. The number of carbonyl (C=O) groups is 1. The van der Waals surface area contributed by atoms with Crippen LogP contribution in [0.3, 0.4) is 0 Å². The molecule has 0 atom stereocenters. The molecule has 3 heteroatoms. The van der Waals surface area contributed by atoms with Crippen LogP contribution in [-0.4, -0.2) is 31.7 Å². The monoisotopic (exact) mass is 133 g/mol. The van der Waals surface area contributed by atoms with Crippen molar-refractivity contribution < 1.29 is 9.53 Å². The molecule has 3 nitrogen and oxygen atoms in total. The van der Waals surface area contributed by atoms with Crippen LogP contribution in [-0.2, 0) is 4.74 Å². The van der Waals surface area contributed by atoms with E-state index in [-0.39, 0.29) is 13.5 Å². The molecule has 0 spiro atoms. The Labute approximate surface area is 56.6 Å². The van der Waals surface area contributed by atoms with E-state index in [4.69, 9.17) is 0 Å². The van der Waals surface area contributed by atoms with Crippen molar-refractivity contribution in [2.75, 3.05) is 20.7 Å². The van der Waals surface area contributed by atoms with Crippen LogP contribution in [0.5, 0.6) is 0 Å². The fraction of sp³-hybridized carbons (Fsp3) is 0.833. The fourth-order valence-corrected chi connectivity index (χ4v) is 0.285. The maximum absolute atomic E-state index is 10.4. The van der Waals surface area contributed by atoms with E-state index < -0.39 is 0 Å². The minimum atomic E-state index is -0.285. The number of amides is 1. The van der Waals surface area contributed by atoms with Gasteiger partial charge in [-0.3, -0.25) is 0 Å². The standard InChI is InChI=1S/C5H11NO2.CH4/c1-4-6(2)5(7)8-3;/h4H2,1-3H3;1H4. The minimum Gasteiger partial charge on any atom is -0.453 e. The smallest absolute Gasteiger partial charge is 0.409 e. The topological polar surface area (TPSA) is 29.5 Å². The first kappa shape index (κ1) is 11.1. The average molecular weight is 133 g/mol. The summed E-state index contributed by atoms with van der Waals surface area (Å²) in [5, 5.41) is 0. The molecule has 0 aliphatic rings. The third kappa shape index (κ3) is 3.82. The highest BCUT2D eigenvalue weighted by molar-refractivity contribution is 5.66. The Morgan fingerprint density at radius 1 is 1.67 bits per heavy atom. The third-order valence-electron chi connectivity index (χ3n) is 0.961. The van der Waals surface area contributed by atoms with E-state index in [2.05, 4.69) is 4.74 Å². The molecule has 0 saturated heterocycles. The van der Waals surface area contributed by atoms with Crippen molar-refractivity contribution in [2.45, 2.75) is 14.4 Å². The van der Waals surface area contributed by atoms with Crippen LogP contribution in [0.25, 0.3) is 0 Å². The summed E-state index contributed by atoms with van der Waals surface area (Å²) in [6, 6.07) is 0. The van der Waals surface area contributed by atoms with Gasteiger partial charge in [-0.05, 0) is 6.92 Å². The van der Waals surface area contributed by atoms with Gasteiger partial charge < -0.3 is 9.64 Å². The lowest BCUT2D eigenvalue weighted by molar-refractivity contribution is 0.135. The zero-order valence-electron chi connectivity index (χ0n) is 5.47. The van der Waals surface area contributed by atoms with Crippen molar-refractivity contribution in [3.8, 4) is 0 Å². The lowest BCUT2D eigenvalue weighted by Crippen LogP contribution is -2.25. The number of methoxy groups -OCH3 is 1. The molecule has 9 heavy (non-hydrogen) atoms. The second-order valence-corrected chi connectivity index (χ2v) is 1.48. The zero-order valence-corrected chi connectivity index (χ0v) is 5.47. The second kappa shape index (κ2) is 5.41. The molecule has 56 valence electrons. The molecule has 0 aromatic carbocycles. The van der Waals surface area contributed by atoms with Crippen LogP contribution in [0.1, 0.15) is 14.4 Å². The summed E-state index contributed by atoms with van der Waals surface area (Å²) in [6.45, 7) is 2.57. The molecule has 1 amide bonds. The van der Waals surface area contributed by atoms with E-state index in [0.717, 1.165) is 0 Å². The summed E-state index contributed by atoms with van der Waals surface area (Å²) in [5.74, 6) is 0. The molecule has 0 rings (SSSR count). The maximum Gasteiger partial charge on any atom is 0.409 e. The van der Waals surface area contributed by atoms with Gasteiger partial charge in [-0.2, -0.15) is 0 Å². The van der Waals surface area contributed by atoms with Crippen molar-refractivity contribution in [2.24, 2.45) is 0 Å². The molecule has 0 fully saturated rings. The Kier molecular flexibility index (Phi) is 6.68. The van der Waals surface area contributed by atoms with Gasteiger partial charge in [-0.15, -0.1) is 0 Å². The Bertz CT molecular complexity index is 83.1. The summed E-state index contributed by atoms with van der Waals surface area (Å²) in [7, 11) is 3.06. The molecular formula is C6H15NO2. The van der Waals surface area contributed by atoms with Gasteiger partial charge in [0.2, 0.25) is 0 Å². The number of carbonyl (C=O) groups excluding carboxylic acids is 1. The highest BCUT2D eigenvalue weighted by atomic mass is 16.5. The molecule has 0 N–H and O–H groups in total. The lowest BCUT2D eigenvalue weighted by atomic mass is 10.7. The zero-order chi connectivity index (χ0) is 6.57. The van der Waals surface area contributed by atoms with Crippen LogP contribution in [0.2, 0.25) is 0 Å². The predicted octanol–water partition coefficient (Wildman–Crippen LogP) is 1.34. The number of hydrogen-bond acceptors (Lipinski definition) is 2. The predicted molar refractivity (Wildman–Crippen MR) is 37.4 cm³/mol. The molecule has 0 radical (unpaired) electrons. The molecule has 0 aliphatic heterocycles. The van der Waals surface area contributed by atoms with Crippen LogP contribution in [0, 0.1) is 0 Å². The number of ether oxygens (including phenoxy) is 1. The van der Waals surface area contributed by atoms with E-state index in [0.29, 0.717) is 6.54 Å². The average Bonchev–Trinajstić information content (AvgIpc) is 1.84. The van der Waals surface area contributed by atoms with Crippen molar-refractivity contribution in [3.63, 3.8) is 0 Å². The van der Waals surface area contributed by atoms with Gasteiger partial charge in [0.15, 0.2) is 0 Å². The lowest BCUT2D eigenvalue weighted by Gasteiger charge is -2.10. The highest BCUT2D eigenvalue weighted by Gasteiger charge is 2.01. The van der Waals surface area contributed by atoms with E-state index in [1.807, 2.05) is 6.92 Å². The first-order valence-electron chi connectivity index (χ1n) is 2.51. The van der Waals surface area contributed by atoms with Crippen molar-refractivity contribution in [1.29, 1.82) is 0 Å². The van der Waals surface area contributed by atoms with Crippen molar-refractivity contribution in [1.82, 2.24) is 4.90 Å². The van der Waals surface area contributed by atoms with Crippen LogP contribution in [0.15, 0.2) is 0 Å². The molecule has 0 bridgehead atoms. The van der Waals surface area contributed by atoms with E-state index in [1.54, 1.807) is 7.05 Å². The van der Waals surface area contributed by atoms with Gasteiger partial charge in [0.25, 0.3) is 0 Å². The first-order chi connectivity index (χ1) is 3.72. The molecule has 0 aliphatic carbocycles. The summed E-state index contributed by atoms with van der Waals surface area (Å²) in [4.78, 5) is 11.9. The first-order valence-corrected chi connectivity index (χ1v) is 2.51. The quantitative estimate of drug-likeness (QED) is 0.540. The summed E-state index contributed by atoms with van der Waals surface area (Å²) in [6.07, 6.45) is -0.285. The third-order valence-corrected chi connectivity index (χ3v) is 0.961. The summed E-state index contributed by atoms with van der Waals surface area (Å²) < 4.78 is 4.39. The van der Waals surface area contributed by atoms with Gasteiger partial charge in [-0.25, -0.2) is 4.79 Å². The molecule has 0 aromatic rings. The van der Waals surface area contributed by atoms with Gasteiger partial charge in [-0.1, -0.05) is 7.43 Å². The fourth-order valence-electron chi connectivity index (χ4n) is 0.285. The van der Waals surface area contributed by atoms with E-state index in [9.17, 15) is 4.79 Å². The Morgan fingerprint density at radius 3 is 2.22 bits per heavy atom. The minimum absolute atomic E-state index is 0. The molecule has 0 heterocycles. The Balaban J connectivity index is 0. The van der Waals surface area contributed by atoms with Crippen LogP contribution < -0.4 is 0 Å². The number of nitrogens with zero attached hydrogens (tertiary/aromatic N) is 1. The van der Waals surface area contributed by atoms with Crippen LogP contribution >= 0.6 is 0 Å². The van der Waals surface area contributed by atoms with Crippen molar-refractivity contribution >= 4 is 6.09 Å². The largest absolute Gasteiger partial charge is 0.453 e. The molecule has 0 saturated carbocycles. The number of rotatable bonds is 1. The van der Waals surface area contributed by atoms with Gasteiger partial charge in [0.05, 0.1) is 7.11 Å². The van der Waals surface area contributed by atoms with E-state index >= 15 is 0 Å². The molecular weight excluding hydrogens is 118 g/mol. The van der Waals surface area contributed by atoms with Crippen LogP contribution in [0.4, 0.5) is 4.79 Å². The summed E-state index contributed by atoms with van der Waals surface area (Å²) in [5.41, 5.74) is 0. The summed E-state index contributed by atoms with van der Waals surface area (Å²) >= 11 is 0. The SMILES string of the molecule is C.CCN(C)C(=O)OC. The van der Waals surface area contributed by atoms with E-state index in [1.165, 1.54) is 12.0 Å². The van der Waals surface area contributed by atoms with Gasteiger partial charge in [0, 0.05) is 13.6 Å². The van der Waals surface area contributed by atoms with Gasteiger partial charge >= 0.3 is 6.09 Å². The van der Waals surface area contributed by atoms with Crippen molar-refractivity contribution in [3.05, 3.63) is 0 Å². The maximum atomic E-state index is 10.4. The van der Waals surface area contributed by atoms with Gasteiger partial charge in [0.1, 0.15) is 0 Å². The second-order valence-electron chi connectivity index (χ2n) is 1.48.